The lowest BCUT2D eigenvalue weighted by molar-refractivity contribution is -0.118. The highest BCUT2D eigenvalue weighted by molar-refractivity contribution is 7.09. The third kappa shape index (κ3) is 4.24. The van der Waals surface area contributed by atoms with Gasteiger partial charge in [-0.1, -0.05) is 6.07 Å². The summed E-state index contributed by atoms with van der Waals surface area (Å²) in [5.74, 6) is -1.09. The average molecular weight is 280 g/mol. The second-order valence-corrected chi connectivity index (χ2v) is 5.42. The number of hydrogen-bond donors (Lipinski definition) is 0. The minimum Gasteiger partial charge on any atom is -0.299 e. The van der Waals surface area contributed by atoms with E-state index in [0.29, 0.717) is 6.42 Å². The Morgan fingerprint density at radius 3 is 2.79 bits per heavy atom. The van der Waals surface area contributed by atoms with Gasteiger partial charge in [0.1, 0.15) is 17.4 Å². The van der Waals surface area contributed by atoms with E-state index >= 15 is 0 Å². The van der Waals surface area contributed by atoms with Crippen molar-refractivity contribution in [2.45, 2.75) is 25.7 Å². The number of halogens is 2. The van der Waals surface area contributed by atoms with Crippen molar-refractivity contribution >= 4 is 17.1 Å². The average Bonchev–Trinajstić information content (AvgIpc) is 2.87. The predicted molar refractivity (Wildman–Crippen MR) is 72.3 cm³/mol. The van der Waals surface area contributed by atoms with Crippen LogP contribution in [0.4, 0.5) is 8.78 Å². The molecule has 0 aliphatic carbocycles. The van der Waals surface area contributed by atoms with Crippen LogP contribution >= 0.6 is 11.3 Å². The molecule has 0 aliphatic heterocycles. The van der Waals surface area contributed by atoms with Crippen molar-refractivity contribution in [3.05, 3.63) is 57.8 Å². The van der Waals surface area contributed by atoms with Crippen molar-refractivity contribution in [3.63, 3.8) is 0 Å². The molecule has 2 aromatic rings. The van der Waals surface area contributed by atoms with Gasteiger partial charge in [-0.2, -0.15) is 0 Å². The van der Waals surface area contributed by atoms with E-state index in [-0.39, 0.29) is 17.8 Å². The summed E-state index contributed by atoms with van der Waals surface area (Å²) in [6.45, 7) is 0. The van der Waals surface area contributed by atoms with E-state index in [0.717, 1.165) is 31.0 Å². The highest BCUT2D eigenvalue weighted by Crippen LogP contribution is 2.14. The summed E-state index contributed by atoms with van der Waals surface area (Å²) in [5.41, 5.74) is 0.140. The van der Waals surface area contributed by atoms with E-state index in [1.54, 1.807) is 11.3 Å². The minimum absolute atomic E-state index is 0.0337. The molecule has 0 fully saturated rings. The van der Waals surface area contributed by atoms with Gasteiger partial charge in [0.25, 0.3) is 0 Å². The molecular formula is C15H14F2OS. The van der Waals surface area contributed by atoms with E-state index in [4.69, 9.17) is 0 Å². The van der Waals surface area contributed by atoms with Gasteiger partial charge in [-0.05, 0) is 48.1 Å². The van der Waals surface area contributed by atoms with Crippen molar-refractivity contribution < 1.29 is 13.6 Å². The SMILES string of the molecule is O=C(CCCc1cccs1)Cc1cc(F)ccc1F. The maximum atomic E-state index is 13.4. The first-order valence-corrected chi connectivity index (χ1v) is 7.01. The molecule has 0 spiro atoms. The van der Waals surface area contributed by atoms with E-state index in [9.17, 15) is 13.6 Å². The Balaban J connectivity index is 1.82. The van der Waals surface area contributed by atoms with Crippen molar-refractivity contribution in [1.82, 2.24) is 0 Å². The molecule has 0 bridgehead atoms. The predicted octanol–water partition coefficient (Wildman–Crippen LogP) is 4.16. The quantitative estimate of drug-likeness (QED) is 0.776. The number of hydrogen-bond acceptors (Lipinski definition) is 2. The lowest BCUT2D eigenvalue weighted by atomic mass is 10.0. The number of thiophene rings is 1. The Bertz CT molecular complexity index is 549. The van der Waals surface area contributed by atoms with Crippen LogP contribution in [0.15, 0.2) is 35.7 Å². The molecule has 1 nitrogen and oxygen atoms in total. The molecule has 4 heteroatoms. The molecule has 0 atom stereocenters. The first-order chi connectivity index (χ1) is 9.15. The van der Waals surface area contributed by atoms with Crippen LogP contribution in [0.1, 0.15) is 23.3 Å². The smallest absolute Gasteiger partial charge is 0.137 e. The maximum absolute atomic E-state index is 13.4. The molecule has 0 N–H and O–H groups in total. The van der Waals surface area contributed by atoms with Crippen LogP contribution in [0.5, 0.6) is 0 Å². The van der Waals surface area contributed by atoms with Crippen LogP contribution in [-0.2, 0) is 17.6 Å². The number of carbonyl (C=O) groups is 1. The van der Waals surface area contributed by atoms with Crippen LogP contribution in [0.2, 0.25) is 0 Å². The molecule has 0 amide bonds. The van der Waals surface area contributed by atoms with E-state index < -0.39 is 11.6 Å². The molecule has 0 saturated heterocycles. The summed E-state index contributed by atoms with van der Waals surface area (Å²) < 4.78 is 26.3. The Kier molecular flexibility index (Phi) is 4.80. The molecule has 0 radical (unpaired) electrons. The van der Waals surface area contributed by atoms with Crippen LogP contribution in [0.25, 0.3) is 0 Å². The fraction of sp³-hybridized carbons (Fsp3) is 0.267. The van der Waals surface area contributed by atoms with Gasteiger partial charge in [0.15, 0.2) is 0 Å². The third-order valence-corrected chi connectivity index (χ3v) is 3.79. The fourth-order valence-corrected chi connectivity index (χ4v) is 2.65. The normalized spacial score (nSPS) is 10.6. The molecule has 0 saturated carbocycles. The van der Waals surface area contributed by atoms with Crippen molar-refractivity contribution in [3.8, 4) is 0 Å². The highest BCUT2D eigenvalue weighted by Gasteiger charge is 2.09. The molecule has 1 aromatic carbocycles. The van der Waals surface area contributed by atoms with Gasteiger partial charge in [-0.25, -0.2) is 8.78 Å². The Labute approximate surface area is 114 Å². The van der Waals surface area contributed by atoms with Gasteiger partial charge in [-0.15, -0.1) is 11.3 Å². The lowest BCUT2D eigenvalue weighted by Gasteiger charge is -2.03. The molecule has 0 aliphatic rings. The van der Waals surface area contributed by atoms with Gasteiger partial charge >= 0.3 is 0 Å². The summed E-state index contributed by atoms with van der Waals surface area (Å²) in [4.78, 5) is 13.0. The second-order valence-electron chi connectivity index (χ2n) is 4.38. The van der Waals surface area contributed by atoms with Crippen LogP contribution in [0, 0.1) is 11.6 Å². The van der Waals surface area contributed by atoms with Gasteiger partial charge < -0.3 is 0 Å². The monoisotopic (exact) mass is 280 g/mol. The molecule has 1 heterocycles. The molecule has 2 rings (SSSR count). The van der Waals surface area contributed by atoms with E-state index in [1.165, 1.54) is 4.88 Å². The largest absolute Gasteiger partial charge is 0.299 e. The van der Waals surface area contributed by atoms with Crippen molar-refractivity contribution in [2.75, 3.05) is 0 Å². The zero-order valence-electron chi connectivity index (χ0n) is 10.4. The topological polar surface area (TPSA) is 17.1 Å². The first kappa shape index (κ1) is 13.9. The number of ketones is 1. The fourth-order valence-electron chi connectivity index (χ4n) is 1.89. The summed E-state index contributed by atoms with van der Waals surface area (Å²) >= 11 is 1.66. The van der Waals surface area contributed by atoms with E-state index in [1.807, 2.05) is 17.5 Å². The molecule has 1 aromatic heterocycles. The summed E-state index contributed by atoms with van der Waals surface area (Å²) in [6.07, 6.45) is 1.97. The Morgan fingerprint density at radius 1 is 1.21 bits per heavy atom. The highest BCUT2D eigenvalue weighted by atomic mass is 32.1. The Hall–Kier alpha value is -1.55. The van der Waals surface area contributed by atoms with Crippen molar-refractivity contribution in [2.24, 2.45) is 0 Å². The zero-order chi connectivity index (χ0) is 13.7. The molecular weight excluding hydrogens is 266 g/mol. The first-order valence-electron chi connectivity index (χ1n) is 6.13. The lowest BCUT2D eigenvalue weighted by Crippen LogP contribution is -2.05. The number of carbonyl (C=O) groups excluding carboxylic acids is 1. The zero-order valence-corrected chi connectivity index (χ0v) is 11.2. The van der Waals surface area contributed by atoms with Gasteiger partial charge in [0.2, 0.25) is 0 Å². The molecule has 0 unspecified atom stereocenters. The van der Waals surface area contributed by atoms with Crippen LogP contribution in [-0.4, -0.2) is 5.78 Å². The van der Waals surface area contributed by atoms with Gasteiger partial charge in [-0.3, -0.25) is 4.79 Å². The summed E-state index contributed by atoms with van der Waals surface area (Å²) in [5, 5.41) is 2.00. The Morgan fingerprint density at radius 2 is 2.05 bits per heavy atom. The minimum atomic E-state index is -0.520. The number of Topliss-reactive ketones (excluding diaryl/α,β-unsaturated/α-hetero) is 1. The van der Waals surface area contributed by atoms with Crippen LogP contribution < -0.4 is 0 Å². The molecule has 19 heavy (non-hydrogen) atoms. The van der Waals surface area contributed by atoms with Crippen molar-refractivity contribution in [1.29, 1.82) is 0 Å². The van der Waals surface area contributed by atoms with Gasteiger partial charge in [0, 0.05) is 17.7 Å². The standard InChI is InChI=1S/C15H14F2OS/c16-12-6-7-15(17)11(9-12)10-13(18)3-1-4-14-5-2-8-19-14/h2,5-9H,1,3-4,10H2. The van der Waals surface area contributed by atoms with Crippen LogP contribution in [0.3, 0.4) is 0 Å². The maximum Gasteiger partial charge on any atom is 0.137 e. The second kappa shape index (κ2) is 6.57. The molecule has 100 valence electrons. The third-order valence-electron chi connectivity index (χ3n) is 2.85. The summed E-state index contributed by atoms with van der Waals surface area (Å²) in [6, 6.07) is 7.21. The summed E-state index contributed by atoms with van der Waals surface area (Å²) in [7, 11) is 0. The van der Waals surface area contributed by atoms with E-state index in [2.05, 4.69) is 0 Å². The van der Waals surface area contributed by atoms with Gasteiger partial charge in [0.05, 0.1) is 0 Å². The number of benzene rings is 1. The number of aryl methyl sites for hydroxylation is 1. The number of rotatable bonds is 6.